The molecule has 0 bridgehead atoms. The van der Waals surface area contributed by atoms with Gasteiger partial charge in [0, 0.05) is 6.54 Å². The smallest absolute Gasteiger partial charge is 0.410 e. The van der Waals surface area contributed by atoms with E-state index in [0.717, 1.165) is 4.90 Å². The number of carbonyl (C=O) groups is 1. The highest BCUT2D eigenvalue weighted by molar-refractivity contribution is 5.68. The zero-order valence-corrected chi connectivity index (χ0v) is 10.3. The molecule has 1 fully saturated rings. The minimum absolute atomic E-state index is 0.0389. The van der Waals surface area contributed by atoms with E-state index in [1.807, 2.05) is 0 Å². The molecule has 1 saturated heterocycles. The first-order valence-corrected chi connectivity index (χ1v) is 5.67. The summed E-state index contributed by atoms with van der Waals surface area (Å²) in [5, 5.41) is 0. The maximum absolute atomic E-state index is 12.7. The number of halogens is 3. The van der Waals surface area contributed by atoms with E-state index in [1.165, 1.54) is 0 Å². The van der Waals surface area contributed by atoms with Crippen LogP contribution < -0.4 is 0 Å². The van der Waals surface area contributed by atoms with Crippen molar-refractivity contribution in [3.8, 4) is 0 Å². The minimum Gasteiger partial charge on any atom is -0.444 e. The topological polar surface area (TPSA) is 29.5 Å². The predicted molar refractivity (Wildman–Crippen MR) is 56.6 cm³/mol. The molecule has 1 amide bonds. The molecule has 1 heterocycles. The van der Waals surface area contributed by atoms with Gasteiger partial charge < -0.3 is 4.74 Å². The third-order valence-electron chi connectivity index (χ3n) is 2.51. The van der Waals surface area contributed by atoms with Gasteiger partial charge in [0.1, 0.15) is 11.6 Å². The Morgan fingerprint density at radius 2 is 1.82 bits per heavy atom. The van der Waals surface area contributed by atoms with E-state index in [9.17, 15) is 18.0 Å². The van der Waals surface area contributed by atoms with Crippen molar-refractivity contribution in [3.05, 3.63) is 0 Å². The van der Waals surface area contributed by atoms with Crippen molar-refractivity contribution in [2.75, 3.05) is 6.54 Å². The first-order valence-electron chi connectivity index (χ1n) is 5.67. The van der Waals surface area contributed by atoms with Crippen LogP contribution in [0, 0.1) is 0 Å². The second-order valence-electron chi connectivity index (χ2n) is 5.23. The number of likely N-dealkylation sites (tertiary alicyclic amines) is 1. The number of amides is 1. The lowest BCUT2D eigenvalue weighted by atomic mass is 10.0. The molecule has 0 spiro atoms. The number of nitrogens with zero attached hydrogens (tertiary/aromatic N) is 1. The van der Waals surface area contributed by atoms with Crippen molar-refractivity contribution in [2.24, 2.45) is 0 Å². The first kappa shape index (κ1) is 14.1. The fourth-order valence-electron chi connectivity index (χ4n) is 1.81. The number of rotatable bonds is 0. The van der Waals surface area contributed by atoms with E-state index in [-0.39, 0.29) is 13.0 Å². The van der Waals surface area contributed by atoms with Crippen LogP contribution in [-0.4, -0.2) is 35.4 Å². The SMILES string of the molecule is CC(C)(C)OC(=O)N1CCCCC1C(F)(F)F. The Morgan fingerprint density at radius 3 is 2.29 bits per heavy atom. The molecule has 17 heavy (non-hydrogen) atoms. The molecule has 1 rings (SSSR count). The maximum Gasteiger partial charge on any atom is 0.410 e. The Kier molecular flexibility index (Phi) is 3.94. The summed E-state index contributed by atoms with van der Waals surface area (Å²) in [4.78, 5) is 12.5. The average Bonchev–Trinajstić information content (AvgIpc) is 2.13. The highest BCUT2D eigenvalue weighted by Crippen LogP contribution is 2.32. The van der Waals surface area contributed by atoms with Gasteiger partial charge in [0.2, 0.25) is 0 Å². The molecule has 0 aromatic heterocycles. The van der Waals surface area contributed by atoms with Gasteiger partial charge in [0.25, 0.3) is 0 Å². The van der Waals surface area contributed by atoms with Crippen LogP contribution in [0.1, 0.15) is 40.0 Å². The molecule has 1 atom stereocenters. The lowest BCUT2D eigenvalue weighted by molar-refractivity contribution is -0.187. The number of ether oxygens (including phenoxy) is 1. The first-order chi connectivity index (χ1) is 7.61. The van der Waals surface area contributed by atoms with Crippen molar-refractivity contribution in [1.82, 2.24) is 4.90 Å². The van der Waals surface area contributed by atoms with Gasteiger partial charge >= 0.3 is 12.3 Å². The van der Waals surface area contributed by atoms with Gasteiger partial charge in [0.05, 0.1) is 0 Å². The number of hydrogen-bond donors (Lipinski definition) is 0. The molecule has 0 N–H and O–H groups in total. The van der Waals surface area contributed by atoms with E-state index in [4.69, 9.17) is 4.74 Å². The van der Waals surface area contributed by atoms with Crippen LogP contribution in [0.25, 0.3) is 0 Å². The maximum atomic E-state index is 12.7. The molecule has 1 aliphatic heterocycles. The number of alkyl halides is 3. The molecule has 0 aromatic rings. The summed E-state index contributed by atoms with van der Waals surface area (Å²) in [5.41, 5.74) is -0.773. The third kappa shape index (κ3) is 4.09. The van der Waals surface area contributed by atoms with E-state index < -0.39 is 23.9 Å². The molecule has 0 aliphatic carbocycles. The van der Waals surface area contributed by atoms with E-state index >= 15 is 0 Å². The number of hydrogen-bond acceptors (Lipinski definition) is 2. The largest absolute Gasteiger partial charge is 0.444 e. The van der Waals surface area contributed by atoms with Crippen molar-refractivity contribution < 1.29 is 22.7 Å². The molecule has 0 saturated carbocycles. The highest BCUT2D eigenvalue weighted by Gasteiger charge is 2.47. The van der Waals surface area contributed by atoms with Crippen molar-refractivity contribution in [2.45, 2.75) is 57.9 Å². The summed E-state index contributed by atoms with van der Waals surface area (Å²) < 4.78 is 43.2. The van der Waals surface area contributed by atoms with E-state index in [2.05, 4.69) is 0 Å². The standard InChI is InChI=1S/C11H18F3NO2/c1-10(2,3)17-9(16)15-7-5-4-6-8(15)11(12,13)14/h8H,4-7H2,1-3H3. The molecular formula is C11H18F3NO2. The van der Waals surface area contributed by atoms with Crippen LogP contribution in [0.15, 0.2) is 0 Å². The zero-order chi connectivity index (χ0) is 13.3. The summed E-state index contributed by atoms with van der Waals surface area (Å²) in [7, 11) is 0. The van der Waals surface area contributed by atoms with E-state index in [0.29, 0.717) is 12.8 Å². The summed E-state index contributed by atoms with van der Waals surface area (Å²) >= 11 is 0. The lowest BCUT2D eigenvalue weighted by Crippen LogP contribution is -2.52. The van der Waals surface area contributed by atoms with Crippen LogP contribution in [0.2, 0.25) is 0 Å². The van der Waals surface area contributed by atoms with Gasteiger partial charge in [-0.15, -0.1) is 0 Å². The molecule has 3 nitrogen and oxygen atoms in total. The van der Waals surface area contributed by atoms with Crippen LogP contribution in [0.4, 0.5) is 18.0 Å². The monoisotopic (exact) mass is 253 g/mol. The molecule has 1 unspecified atom stereocenters. The molecular weight excluding hydrogens is 235 g/mol. The quantitative estimate of drug-likeness (QED) is 0.662. The van der Waals surface area contributed by atoms with E-state index in [1.54, 1.807) is 20.8 Å². The third-order valence-corrected chi connectivity index (χ3v) is 2.51. The van der Waals surface area contributed by atoms with Gasteiger partial charge in [-0.3, -0.25) is 4.90 Å². The van der Waals surface area contributed by atoms with Crippen LogP contribution in [0.3, 0.4) is 0 Å². The van der Waals surface area contributed by atoms with Gasteiger partial charge in [-0.05, 0) is 40.0 Å². The molecule has 100 valence electrons. The fraction of sp³-hybridized carbons (Fsp3) is 0.909. The Bertz CT molecular complexity index is 283. The molecule has 0 radical (unpaired) electrons. The van der Waals surface area contributed by atoms with Crippen LogP contribution >= 0.6 is 0 Å². The van der Waals surface area contributed by atoms with Gasteiger partial charge in [-0.1, -0.05) is 0 Å². The Morgan fingerprint density at radius 1 is 1.24 bits per heavy atom. The van der Waals surface area contributed by atoms with Gasteiger partial charge in [-0.25, -0.2) is 4.79 Å². The Balaban J connectivity index is 2.75. The highest BCUT2D eigenvalue weighted by atomic mass is 19.4. The van der Waals surface area contributed by atoms with Crippen molar-refractivity contribution >= 4 is 6.09 Å². The molecule has 0 aromatic carbocycles. The summed E-state index contributed by atoms with van der Waals surface area (Å²) in [6.07, 6.45) is -4.21. The molecule has 6 heteroatoms. The fourth-order valence-corrected chi connectivity index (χ4v) is 1.81. The minimum atomic E-state index is -4.38. The number of carbonyl (C=O) groups excluding carboxylic acids is 1. The zero-order valence-electron chi connectivity index (χ0n) is 10.3. The normalized spacial score (nSPS) is 22.5. The summed E-state index contributed by atoms with van der Waals surface area (Å²) in [6, 6.07) is -1.70. The lowest BCUT2D eigenvalue weighted by Gasteiger charge is -2.37. The van der Waals surface area contributed by atoms with Crippen LogP contribution in [0.5, 0.6) is 0 Å². The Hall–Kier alpha value is -0.940. The van der Waals surface area contributed by atoms with Crippen molar-refractivity contribution in [1.29, 1.82) is 0 Å². The average molecular weight is 253 g/mol. The molecule has 1 aliphatic rings. The van der Waals surface area contributed by atoms with Gasteiger partial charge in [0.15, 0.2) is 0 Å². The van der Waals surface area contributed by atoms with Crippen LogP contribution in [-0.2, 0) is 4.74 Å². The number of piperidine rings is 1. The second kappa shape index (κ2) is 4.74. The van der Waals surface area contributed by atoms with Gasteiger partial charge in [-0.2, -0.15) is 13.2 Å². The second-order valence-corrected chi connectivity index (χ2v) is 5.23. The Labute approximate surface area is 98.9 Å². The summed E-state index contributed by atoms with van der Waals surface area (Å²) in [5.74, 6) is 0. The predicted octanol–water partition coefficient (Wildman–Crippen LogP) is 3.34. The summed E-state index contributed by atoms with van der Waals surface area (Å²) in [6.45, 7) is 5.02. The van der Waals surface area contributed by atoms with Crippen molar-refractivity contribution in [3.63, 3.8) is 0 Å².